The van der Waals surface area contributed by atoms with E-state index in [1.54, 1.807) is 29.2 Å². The second-order valence-corrected chi connectivity index (χ2v) is 6.02. The van der Waals surface area contributed by atoms with Crippen LogP contribution in [-0.4, -0.2) is 29.4 Å². The first-order chi connectivity index (χ1) is 12.0. The number of benzene rings is 2. The number of anilines is 1. The molecule has 1 heterocycles. The van der Waals surface area contributed by atoms with Gasteiger partial charge in [-0.3, -0.25) is 9.59 Å². The van der Waals surface area contributed by atoms with Crippen molar-refractivity contribution in [3.63, 3.8) is 0 Å². The van der Waals surface area contributed by atoms with Gasteiger partial charge in [-0.15, -0.1) is 0 Å². The van der Waals surface area contributed by atoms with Crippen LogP contribution in [0.3, 0.4) is 0 Å². The molecule has 1 fully saturated rings. The normalized spacial score (nSPS) is 16.8. The van der Waals surface area contributed by atoms with Crippen LogP contribution in [-0.2, 0) is 20.9 Å². The maximum absolute atomic E-state index is 12.0. The Bertz CT molecular complexity index is 756. The van der Waals surface area contributed by atoms with Gasteiger partial charge in [0.05, 0.1) is 13.0 Å². The molecule has 25 heavy (non-hydrogen) atoms. The SMILES string of the molecule is CC(=O)OC1CC(=O)N(Cc2ccc(Oc3ccc(N)cc3)cc2)C1. The van der Waals surface area contributed by atoms with E-state index < -0.39 is 0 Å². The highest BCUT2D eigenvalue weighted by Crippen LogP contribution is 2.24. The number of hydrogen-bond acceptors (Lipinski definition) is 5. The number of hydrogen-bond donors (Lipinski definition) is 1. The summed E-state index contributed by atoms with van der Waals surface area (Å²) in [6.45, 7) is 2.27. The minimum absolute atomic E-state index is 0.00606. The van der Waals surface area contributed by atoms with Crippen molar-refractivity contribution in [2.24, 2.45) is 0 Å². The first-order valence-corrected chi connectivity index (χ1v) is 8.07. The van der Waals surface area contributed by atoms with Gasteiger partial charge in [0.1, 0.15) is 17.6 Å². The Balaban J connectivity index is 1.58. The van der Waals surface area contributed by atoms with Gasteiger partial charge in [-0.2, -0.15) is 0 Å². The van der Waals surface area contributed by atoms with Gasteiger partial charge in [0, 0.05) is 19.2 Å². The van der Waals surface area contributed by atoms with Crippen LogP contribution in [0.25, 0.3) is 0 Å². The largest absolute Gasteiger partial charge is 0.460 e. The molecular weight excluding hydrogens is 320 g/mol. The third-order valence-corrected chi connectivity index (χ3v) is 3.92. The predicted octanol–water partition coefficient (Wildman–Crippen LogP) is 2.73. The van der Waals surface area contributed by atoms with Crippen molar-refractivity contribution in [2.45, 2.75) is 26.0 Å². The Hall–Kier alpha value is -3.02. The Kier molecular flexibility index (Phi) is 4.88. The van der Waals surface area contributed by atoms with Crippen molar-refractivity contribution in [1.29, 1.82) is 0 Å². The minimum atomic E-state index is -0.358. The molecule has 2 N–H and O–H groups in total. The van der Waals surface area contributed by atoms with E-state index >= 15 is 0 Å². The Morgan fingerprint density at radius 1 is 1.12 bits per heavy atom. The van der Waals surface area contributed by atoms with E-state index in [1.807, 2.05) is 24.3 Å². The summed E-state index contributed by atoms with van der Waals surface area (Å²) in [7, 11) is 0. The zero-order valence-electron chi connectivity index (χ0n) is 14.0. The number of nitrogens with two attached hydrogens (primary N) is 1. The summed E-state index contributed by atoms with van der Waals surface area (Å²) < 4.78 is 10.9. The second-order valence-electron chi connectivity index (χ2n) is 6.02. The van der Waals surface area contributed by atoms with Crippen molar-refractivity contribution < 1.29 is 19.1 Å². The molecule has 0 aromatic heterocycles. The fourth-order valence-corrected chi connectivity index (χ4v) is 2.76. The lowest BCUT2D eigenvalue weighted by Crippen LogP contribution is -2.26. The number of ether oxygens (including phenoxy) is 2. The van der Waals surface area contributed by atoms with Crippen molar-refractivity contribution >= 4 is 17.6 Å². The maximum atomic E-state index is 12.0. The van der Waals surface area contributed by atoms with Crippen LogP contribution < -0.4 is 10.5 Å². The minimum Gasteiger partial charge on any atom is -0.460 e. The molecule has 0 saturated carbocycles. The Morgan fingerprint density at radius 2 is 1.72 bits per heavy atom. The standard InChI is InChI=1S/C19H20N2O4/c1-13(22)24-18-10-19(23)21(12-18)11-14-2-6-16(7-3-14)25-17-8-4-15(20)5-9-17/h2-9,18H,10-12,20H2,1H3. The number of likely N-dealkylation sites (tertiary alicyclic amines) is 1. The number of amides is 1. The van der Waals surface area contributed by atoms with Crippen molar-refractivity contribution in [2.75, 3.05) is 12.3 Å². The van der Waals surface area contributed by atoms with Crippen LogP contribution in [0.2, 0.25) is 0 Å². The lowest BCUT2D eigenvalue weighted by atomic mass is 10.2. The fourth-order valence-electron chi connectivity index (χ4n) is 2.76. The average molecular weight is 340 g/mol. The predicted molar refractivity (Wildman–Crippen MR) is 93.0 cm³/mol. The van der Waals surface area contributed by atoms with Gasteiger partial charge >= 0.3 is 5.97 Å². The molecule has 6 nitrogen and oxygen atoms in total. The van der Waals surface area contributed by atoms with Gasteiger partial charge in [0.25, 0.3) is 0 Å². The molecule has 0 bridgehead atoms. The third-order valence-electron chi connectivity index (χ3n) is 3.92. The molecule has 1 amide bonds. The summed E-state index contributed by atoms with van der Waals surface area (Å²) in [5, 5.41) is 0. The first-order valence-electron chi connectivity index (χ1n) is 8.07. The van der Waals surface area contributed by atoms with E-state index in [9.17, 15) is 9.59 Å². The monoisotopic (exact) mass is 340 g/mol. The van der Waals surface area contributed by atoms with Crippen LogP contribution in [0, 0.1) is 0 Å². The molecule has 0 spiro atoms. The number of carbonyl (C=O) groups excluding carboxylic acids is 2. The van der Waals surface area contributed by atoms with E-state index in [1.165, 1.54) is 6.92 Å². The topological polar surface area (TPSA) is 81.9 Å². The van der Waals surface area contributed by atoms with Gasteiger partial charge in [-0.25, -0.2) is 0 Å². The Morgan fingerprint density at radius 3 is 2.32 bits per heavy atom. The molecule has 1 unspecified atom stereocenters. The zero-order valence-corrected chi connectivity index (χ0v) is 14.0. The second kappa shape index (κ2) is 7.25. The lowest BCUT2D eigenvalue weighted by molar-refractivity contribution is -0.145. The van der Waals surface area contributed by atoms with Crippen LogP contribution >= 0.6 is 0 Å². The summed E-state index contributed by atoms with van der Waals surface area (Å²) in [4.78, 5) is 24.7. The molecule has 1 aliphatic heterocycles. The third kappa shape index (κ3) is 4.50. The molecule has 1 saturated heterocycles. The van der Waals surface area contributed by atoms with Crippen molar-refractivity contribution in [3.8, 4) is 11.5 Å². The summed E-state index contributed by atoms with van der Waals surface area (Å²) in [5.41, 5.74) is 7.32. The number of nitrogens with zero attached hydrogens (tertiary/aromatic N) is 1. The smallest absolute Gasteiger partial charge is 0.302 e. The molecule has 2 aromatic carbocycles. The Labute approximate surface area is 146 Å². The summed E-state index contributed by atoms with van der Waals surface area (Å²) in [6.07, 6.45) is -0.101. The van der Waals surface area contributed by atoms with Crippen LogP contribution in [0.1, 0.15) is 18.9 Å². The van der Waals surface area contributed by atoms with E-state index in [0.717, 1.165) is 5.56 Å². The molecular formula is C19H20N2O4. The van der Waals surface area contributed by atoms with Crippen LogP contribution in [0.15, 0.2) is 48.5 Å². The number of rotatable bonds is 5. The van der Waals surface area contributed by atoms with Crippen LogP contribution in [0.4, 0.5) is 5.69 Å². The van der Waals surface area contributed by atoms with Gasteiger partial charge in [-0.05, 0) is 42.0 Å². The number of esters is 1. The quantitative estimate of drug-likeness (QED) is 0.668. The summed E-state index contributed by atoms with van der Waals surface area (Å²) in [6, 6.07) is 14.7. The van der Waals surface area contributed by atoms with Gasteiger partial charge in [-0.1, -0.05) is 12.1 Å². The zero-order chi connectivity index (χ0) is 17.8. The van der Waals surface area contributed by atoms with E-state index in [0.29, 0.717) is 30.3 Å². The molecule has 1 aliphatic rings. The van der Waals surface area contributed by atoms with E-state index in [-0.39, 0.29) is 24.4 Å². The number of nitrogen functional groups attached to an aromatic ring is 1. The molecule has 0 radical (unpaired) electrons. The highest BCUT2D eigenvalue weighted by atomic mass is 16.5. The molecule has 3 rings (SSSR count). The first kappa shape index (κ1) is 16.8. The molecule has 0 aliphatic carbocycles. The molecule has 1 atom stereocenters. The molecule has 2 aromatic rings. The average Bonchev–Trinajstić information content (AvgIpc) is 2.90. The fraction of sp³-hybridized carbons (Fsp3) is 0.263. The van der Waals surface area contributed by atoms with Gasteiger partial charge in [0.2, 0.25) is 5.91 Å². The van der Waals surface area contributed by atoms with Gasteiger partial charge < -0.3 is 20.1 Å². The van der Waals surface area contributed by atoms with E-state index in [2.05, 4.69) is 0 Å². The molecule has 6 heteroatoms. The maximum Gasteiger partial charge on any atom is 0.302 e. The lowest BCUT2D eigenvalue weighted by Gasteiger charge is -2.17. The van der Waals surface area contributed by atoms with Gasteiger partial charge in [0.15, 0.2) is 0 Å². The highest BCUT2D eigenvalue weighted by Gasteiger charge is 2.31. The summed E-state index contributed by atoms with van der Waals surface area (Å²) >= 11 is 0. The van der Waals surface area contributed by atoms with Crippen LogP contribution in [0.5, 0.6) is 11.5 Å². The summed E-state index contributed by atoms with van der Waals surface area (Å²) in [5.74, 6) is 1.05. The number of carbonyl (C=O) groups is 2. The van der Waals surface area contributed by atoms with Crippen molar-refractivity contribution in [1.82, 2.24) is 4.90 Å². The van der Waals surface area contributed by atoms with Crippen molar-refractivity contribution in [3.05, 3.63) is 54.1 Å². The van der Waals surface area contributed by atoms with E-state index in [4.69, 9.17) is 15.2 Å². The molecule has 130 valence electrons. The highest BCUT2D eigenvalue weighted by molar-refractivity contribution is 5.79.